The molecule has 0 heterocycles. The zero-order valence-electron chi connectivity index (χ0n) is 13.9. The fraction of sp³-hybridized carbons (Fsp3) is 0.263. The molecule has 0 aliphatic carbocycles. The third-order valence-corrected chi connectivity index (χ3v) is 3.78. The molecular formula is C19H21N3O2. The number of hydrogen-bond donors (Lipinski definition) is 1. The van der Waals surface area contributed by atoms with Crippen LogP contribution in [0.5, 0.6) is 5.75 Å². The first kappa shape index (κ1) is 17.5. The van der Waals surface area contributed by atoms with E-state index in [9.17, 15) is 4.79 Å². The number of likely N-dealkylation sites (N-methyl/N-ethyl adjacent to an activating group) is 1. The average molecular weight is 323 g/mol. The molecule has 0 saturated carbocycles. The van der Waals surface area contributed by atoms with Crippen molar-refractivity contribution in [3.05, 3.63) is 60.2 Å². The number of benzene rings is 2. The van der Waals surface area contributed by atoms with Crippen molar-refractivity contribution in [2.45, 2.75) is 13.0 Å². The number of nitriles is 1. The molecule has 1 amide bonds. The summed E-state index contributed by atoms with van der Waals surface area (Å²) in [7, 11) is 1.89. The van der Waals surface area contributed by atoms with Gasteiger partial charge in [-0.3, -0.25) is 9.69 Å². The van der Waals surface area contributed by atoms with Crippen LogP contribution in [0, 0.1) is 11.3 Å². The summed E-state index contributed by atoms with van der Waals surface area (Å²) in [6.07, 6.45) is 0. The number of ether oxygens (including phenoxy) is 1. The molecule has 0 fully saturated rings. The molecule has 24 heavy (non-hydrogen) atoms. The van der Waals surface area contributed by atoms with Gasteiger partial charge >= 0.3 is 0 Å². The van der Waals surface area contributed by atoms with Crippen molar-refractivity contribution in [2.24, 2.45) is 0 Å². The van der Waals surface area contributed by atoms with Gasteiger partial charge in [0.15, 0.2) is 0 Å². The third kappa shape index (κ3) is 5.11. The van der Waals surface area contributed by atoms with E-state index in [4.69, 9.17) is 10.00 Å². The molecule has 0 aromatic heterocycles. The summed E-state index contributed by atoms with van der Waals surface area (Å²) in [4.78, 5) is 14.2. The van der Waals surface area contributed by atoms with E-state index in [2.05, 4.69) is 11.4 Å². The highest BCUT2D eigenvalue weighted by Gasteiger charge is 2.18. The molecule has 5 heteroatoms. The number of hydrogen-bond acceptors (Lipinski definition) is 4. The summed E-state index contributed by atoms with van der Waals surface area (Å²) >= 11 is 0. The number of anilines is 1. The van der Waals surface area contributed by atoms with E-state index < -0.39 is 0 Å². The molecule has 0 aliphatic rings. The maximum absolute atomic E-state index is 12.3. The van der Waals surface area contributed by atoms with Gasteiger partial charge < -0.3 is 10.1 Å². The number of amides is 1. The first-order chi connectivity index (χ1) is 11.6. The minimum Gasteiger partial charge on any atom is -0.492 e. The van der Waals surface area contributed by atoms with Gasteiger partial charge in [0, 0.05) is 12.2 Å². The van der Waals surface area contributed by atoms with Gasteiger partial charge in [-0.15, -0.1) is 0 Å². The van der Waals surface area contributed by atoms with Gasteiger partial charge in [0.25, 0.3) is 0 Å². The van der Waals surface area contributed by atoms with E-state index in [1.54, 1.807) is 24.3 Å². The molecule has 1 unspecified atom stereocenters. The summed E-state index contributed by atoms with van der Waals surface area (Å²) in [5.74, 6) is 0.725. The predicted octanol–water partition coefficient (Wildman–Crippen LogP) is 2.90. The Morgan fingerprint density at radius 1 is 1.21 bits per heavy atom. The highest BCUT2D eigenvalue weighted by molar-refractivity contribution is 5.94. The average Bonchev–Trinajstić information content (AvgIpc) is 2.62. The van der Waals surface area contributed by atoms with Gasteiger partial charge in [0.05, 0.1) is 17.7 Å². The number of carbonyl (C=O) groups is 1. The Balaban J connectivity index is 1.79. The van der Waals surface area contributed by atoms with Crippen LogP contribution < -0.4 is 10.1 Å². The van der Waals surface area contributed by atoms with E-state index in [0.717, 1.165) is 5.75 Å². The van der Waals surface area contributed by atoms with Gasteiger partial charge in [-0.05, 0) is 50.4 Å². The Kier molecular flexibility index (Phi) is 6.35. The molecule has 5 nitrogen and oxygen atoms in total. The van der Waals surface area contributed by atoms with Crippen molar-refractivity contribution in [2.75, 3.05) is 25.5 Å². The van der Waals surface area contributed by atoms with Gasteiger partial charge in [0.1, 0.15) is 12.4 Å². The quantitative estimate of drug-likeness (QED) is 0.851. The van der Waals surface area contributed by atoms with Crippen molar-refractivity contribution < 1.29 is 9.53 Å². The van der Waals surface area contributed by atoms with Crippen LogP contribution in [0.2, 0.25) is 0 Å². The highest BCUT2D eigenvalue weighted by atomic mass is 16.5. The Hall–Kier alpha value is -2.84. The third-order valence-electron chi connectivity index (χ3n) is 3.78. The second-order valence-corrected chi connectivity index (χ2v) is 5.50. The Labute approximate surface area is 142 Å². The molecule has 1 N–H and O–H groups in total. The normalized spacial score (nSPS) is 11.6. The molecule has 0 bridgehead atoms. The van der Waals surface area contributed by atoms with Gasteiger partial charge in [-0.25, -0.2) is 0 Å². The second kappa shape index (κ2) is 8.70. The van der Waals surface area contributed by atoms with E-state index >= 15 is 0 Å². The molecule has 0 aliphatic heterocycles. The number of carbonyl (C=O) groups excluding carboxylic acids is 1. The van der Waals surface area contributed by atoms with Gasteiger partial charge in [0.2, 0.25) is 5.91 Å². The molecule has 2 rings (SSSR count). The van der Waals surface area contributed by atoms with Crippen LogP contribution in [0.25, 0.3) is 0 Å². The first-order valence-electron chi connectivity index (χ1n) is 7.79. The van der Waals surface area contributed by atoms with E-state index in [1.807, 2.05) is 49.2 Å². The van der Waals surface area contributed by atoms with Gasteiger partial charge in [-0.2, -0.15) is 5.26 Å². The molecule has 2 aromatic carbocycles. The molecule has 2 aromatic rings. The maximum atomic E-state index is 12.3. The SMILES string of the molecule is CC(C(=O)Nc1ccc(C#N)cc1)N(C)CCOc1ccccc1. The predicted molar refractivity (Wildman–Crippen MR) is 93.8 cm³/mol. The number of nitrogens with zero attached hydrogens (tertiary/aromatic N) is 2. The lowest BCUT2D eigenvalue weighted by molar-refractivity contribution is -0.120. The molecule has 124 valence electrons. The Bertz CT molecular complexity index is 693. The van der Waals surface area contributed by atoms with Crippen LogP contribution in [0.3, 0.4) is 0 Å². The van der Waals surface area contributed by atoms with Crippen molar-refractivity contribution in [1.82, 2.24) is 4.90 Å². The lowest BCUT2D eigenvalue weighted by Crippen LogP contribution is -2.41. The Morgan fingerprint density at radius 2 is 1.88 bits per heavy atom. The van der Waals surface area contributed by atoms with Crippen molar-refractivity contribution in [1.29, 1.82) is 5.26 Å². The fourth-order valence-electron chi connectivity index (χ4n) is 2.09. The summed E-state index contributed by atoms with van der Waals surface area (Å²) in [5.41, 5.74) is 1.25. The summed E-state index contributed by atoms with van der Waals surface area (Å²) < 4.78 is 5.65. The van der Waals surface area contributed by atoms with Crippen LogP contribution in [0.4, 0.5) is 5.69 Å². The van der Waals surface area contributed by atoms with Gasteiger partial charge in [-0.1, -0.05) is 18.2 Å². The topological polar surface area (TPSA) is 65.4 Å². The highest BCUT2D eigenvalue weighted by Crippen LogP contribution is 2.11. The van der Waals surface area contributed by atoms with Crippen LogP contribution in [0.15, 0.2) is 54.6 Å². The number of rotatable bonds is 7. The zero-order valence-corrected chi connectivity index (χ0v) is 13.9. The van der Waals surface area contributed by atoms with Crippen molar-refractivity contribution >= 4 is 11.6 Å². The molecule has 0 saturated heterocycles. The summed E-state index contributed by atoms with van der Waals surface area (Å²) in [6.45, 7) is 2.99. The molecule has 0 spiro atoms. The lowest BCUT2D eigenvalue weighted by atomic mass is 10.2. The van der Waals surface area contributed by atoms with Crippen LogP contribution >= 0.6 is 0 Å². The first-order valence-corrected chi connectivity index (χ1v) is 7.79. The smallest absolute Gasteiger partial charge is 0.241 e. The maximum Gasteiger partial charge on any atom is 0.241 e. The van der Waals surface area contributed by atoms with E-state index in [1.165, 1.54) is 0 Å². The zero-order chi connectivity index (χ0) is 17.4. The monoisotopic (exact) mass is 323 g/mol. The molecule has 0 radical (unpaired) electrons. The molecular weight excluding hydrogens is 302 g/mol. The van der Waals surface area contributed by atoms with Crippen LogP contribution in [0.1, 0.15) is 12.5 Å². The molecule has 1 atom stereocenters. The Morgan fingerprint density at radius 3 is 2.50 bits per heavy atom. The largest absolute Gasteiger partial charge is 0.492 e. The number of para-hydroxylation sites is 1. The lowest BCUT2D eigenvalue weighted by Gasteiger charge is -2.23. The number of nitrogens with one attached hydrogen (secondary N) is 1. The van der Waals surface area contributed by atoms with Crippen molar-refractivity contribution in [3.63, 3.8) is 0 Å². The fourth-order valence-corrected chi connectivity index (χ4v) is 2.09. The summed E-state index contributed by atoms with van der Waals surface area (Å²) in [6, 6.07) is 18.2. The van der Waals surface area contributed by atoms with E-state index in [0.29, 0.717) is 24.4 Å². The second-order valence-electron chi connectivity index (χ2n) is 5.50. The minimum absolute atomic E-state index is 0.0954. The minimum atomic E-state index is -0.292. The van der Waals surface area contributed by atoms with Crippen LogP contribution in [-0.4, -0.2) is 37.0 Å². The van der Waals surface area contributed by atoms with E-state index in [-0.39, 0.29) is 11.9 Å². The standard InChI is InChI=1S/C19H21N3O2/c1-15(19(23)21-17-10-8-16(14-20)9-11-17)22(2)12-13-24-18-6-4-3-5-7-18/h3-11,15H,12-13H2,1-2H3,(H,21,23). The van der Waals surface area contributed by atoms with Crippen molar-refractivity contribution in [3.8, 4) is 11.8 Å². The van der Waals surface area contributed by atoms with Crippen LogP contribution in [-0.2, 0) is 4.79 Å². The summed E-state index contributed by atoms with van der Waals surface area (Å²) in [5, 5.41) is 11.6.